The molecule has 18 heavy (non-hydrogen) atoms. The van der Waals surface area contributed by atoms with Crippen LogP contribution < -0.4 is 0 Å². The summed E-state index contributed by atoms with van der Waals surface area (Å²) in [6.07, 6.45) is 8.76. The Morgan fingerprint density at radius 3 is 2.61 bits per heavy atom. The lowest BCUT2D eigenvalue weighted by Gasteiger charge is -2.29. The summed E-state index contributed by atoms with van der Waals surface area (Å²) in [5, 5.41) is 9.67. The van der Waals surface area contributed by atoms with Gasteiger partial charge in [0.25, 0.3) is 0 Å². The van der Waals surface area contributed by atoms with Gasteiger partial charge in [-0.15, -0.1) is 0 Å². The first kappa shape index (κ1) is 13.9. The minimum Gasteiger partial charge on any atom is -0.396 e. The van der Waals surface area contributed by atoms with Crippen molar-refractivity contribution >= 4 is 11.6 Å². The second kappa shape index (κ2) is 7.16. The largest absolute Gasteiger partial charge is 0.396 e. The van der Waals surface area contributed by atoms with E-state index in [0.717, 1.165) is 23.3 Å². The van der Waals surface area contributed by atoms with Crippen LogP contribution in [0.2, 0.25) is 5.02 Å². The predicted octanol–water partition coefficient (Wildman–Crippen LogP) is 4.78. The minimum absolute atomic E-state index is 0.341. The number of rotatable bonds is 5. The Labute approximate surface area is 115 Å². The maximum Gasteiger partial charge on any atom is 0.0431 e. The third kappa shape index (κ3) is 4.00. The molecule has 0 aliphatic heterocycles. The molecule has 1 aromatic rings. The highest BCUT2D eigenvalue weighted by Gasteiger charge is 2.22. The smallest absolute Gasteiger partial charge is 0.0431 e. The number of hydrogen-bond acceptors (Lipinski definition) is 1. The van der Waals surface area contributed by atoms with Gasteiger partial charge in [-0.05, 0) is 48.8 Å². The first-order valence-corrected chi connectivity index (χ1v) is 7.53. The van der Waals surface area contributed by atoms with Crippen LogP contribution in [0.4, 0.5) is 0 Å². The zero-order chi connectivity index (χ0) is 12.8. The standard InChI is InChI=1S/C16H23ClO/c17-16-9-7-14(8-10-16)15-6-3-5-13(12-15)4-1-2-11-18/h7-10,13,15,18H,1-6,11-12H2. The summed E-state index contributed by atoms with van der Waals surface area (Å²) in [5.74, 6) is 1.57. The van der Waals surface area contributed by atoms with Crippen molar-refractivity contribution in [3.8, 4) is 0 Å². The normalized spacial score (nSPS) is 24.1. The lowest BCUT2D eigenvalue weighted by molar-refractivity contribution is 0.260. The molecule has 1 N–H and O–H groups in total. The first-order chi connectivity index (χ1) is 8.79. The van der Waals surface area contributed by atoms with Gasteiger partial charge in [0.05, 0.1) is 0 Å². The second-order valence-corrected chi connectivity index (χ2v) is 5.94. The zero-order valence-corrected chi connectivity index (χ0v) is 11.7. The van der Waals surface area contributed by atoms with E-state index < -0.39 is 0 Å². The topological polar surface area (TPSA) is 20.2 Å². The van der Waals surface area contributed by atoms with Crippen LogP contribution in [0.25, 0.3) is 0 Å². The molecule has 1 saturated carbocycles. The van der Waals surface area contributed by atoms with Gasteiger partial charge < -0.3 is 5.11 Å². The van der Waals surface area contributed by atoms with Crippen LogP contribution >= 0.6 is 11.6 Å². The SMILES string of the molecule is OCCCCC1CCCC(c2ccc(Cl)cc2)C1. The minimum atomic E-state index is 0.341. The highest BCUT2D eigenvalue weighted by molar-refractivity contribution is 6.30. The molecule has 0 heterocycles. The highest BCUT2D eigenvalue weighted by atomic mass is 35.5. The number of benzene rings is 1. The van der Waals surface area contributed by atoms with Crippen molar-refractivity contribution in [2.24, 2.45) is 5.92 Å². The van der Waals surface area contributed by atoms with Crippen molar-refractivity contribution < 1.29 is 5.11 Å². The van der Waals surface area contributed by atoms with E-state index in [9.17, 15) is 0 Å². The summed E-state index contributed by atoms with van der Waals surface area (Å²) in [4.78, 5) is 0. The molecule has 0 bridgehead atoms. The van der Waals surface area contributed by atoms with Gasteiger partial charge in [-0.1, -0.05) is 49.4 Å². The second-order valence-electron chi connectivity index (χ2n) is 5.50. The van der Waals surface area contributed by atoms with E-state index >= 15 is 0 Å². The monoisotopic (exact) mass is 266 g/mol. The summed E-state index contributed by atoms with van der Waals surface area (Å²) in [5.41, 5.74) is 1.45. The van der Waals surface area contributed by atoms with E-state index in [0.29, 0.717) is 6.61 Å². The zero-order valence-electron chi connectivity index (χ0n) is 10.9. The fourth-order valence-electron chi connectivity index (χ4n) is 3.14. The van der Waals surface area contributed by atoms with Crippen molar-refractivity contribution in [1.29, 1.82) is 0 Å². The number of aliphatic hydroxyl groups is 1. The van der Waals surface area contributed by atoms with Gasteiger partial charge in [-0.2, -0.15) is 0 Å². The summed E-state index contributed by atoms with van der Waals surface area (Å²) in [7, 11) is 0. The van der Waals surface area contributed by atoms with Crippen molar-refractivity contribution in [3.05, 3.63) is 34.9 Å². The average molecular weight is 267 g/mol. The molecule has 2 heteroatoms. The molecule has 2 rings (SSSR count). The van der Waals surface area contributed by atoms with E-state index in [2.05, 4.69) is 12.1 Å². The molecule has 1 aliphatic carbocycles. The van der Waals surface area contributed by atoms with Gasteiger partial charge in [0.2, 0.25) is 0 Å². The van der Waals surface area contributed by atoms with Crippen LogP contribution in [-0.2, 0) is 0 Å². The highest BCUT2D eigenvalue weighted by Crippen LogP contribution is 2.38. The number of unbranched alkanes of at least 4 members (excludes halogenated alkanes) is 1. The molecule has 0 aromatic heterocycles. The van der Waals surface area contributed by atoms with Gasteiger partial charge in [-0.3, -0.25) is 0 Å². The molecule has 0 saturated heterocycles. The van der Waals surface area contributed by atoms with Crippen LogP contribution in [0, 0.1) is 5.92 Å². The fraction of sp³-hybridized carbons (Fsp3) is 0.625. The Bertz CT molecular complexity index is 347. The van der Waals surface area contributed by atoms with E-state index in [1.807, 2.05) is 12.1 Å². The number of hydrogen-bond donors (Lipinski definition) is 1. The quantitative estimate of drug-likeness (QED) is 0.761. The molecule has 2 unspecified atom stereocenters. The van der Waals surface area contributed by atoms with Crippen LogP contribution in [0.1, 0.15) is 56.4 Å². The lowest BCUT2D eigenvalue weighted by atomic mass is 9.76. The Hall–Kier alpha value is -0.530. The van der Waals surface area contributed by atoms with Crippen molar-refractivity contribution in [3.63, 3.8) is 0 Å². The molecular formula is C16H23ClO. The van der Waals surface area contributed by atoms with Crippen LogP contribution in [0.15, 0.2) is 24.3 Å². The Morgan fingerprint density at radius 1 is 1.11 bits per heavy atom. The van der Waals surface area contributed by atoms with Gasteiger partial charge in [0, 0.05) is 11.6 Å². The maximum atomic E-state index is 8.84. The van der Waals surface area contributed by atoms with Gasteiger partial charge >= 0.3 is 0 Å². The van der Waals surface area contributed by atoms with Crippen LogP contribution in [0.5, 0.6) is 0 Å². The Kier molecular flexibility index (Phi) is 5.52. The summed E-state index contributed by atoms with van der Waals surface area (Å²) in [6, 6.07) is 8.38. The average Bonchev–Trinajstić information content (AvgIpc) is 2.40. The van der Waals surface area contributed by atoms with E-state index in [4.69, 9.17) is 16.7 Å². The molecule has 0 amide bonds. The van der Waals surface area contributed by atoms with Crippen molar-refractivity contribution in [2.45, 2.75) is 50.9 Å². The van der Waals surface area contributed by atoms with Crippen molar-refractivity contribution in [1.82, 2.24) is 0 Å². The first-order valence-electron chi connectivity index (χ1n) is 7.16. The molecule has 1 aromatic carbocycles. The Balaban J connectivity index is 1.88. The van der Waals surface area contributed by atoms with Crippen LogP contribution in [0.3, 0.4) is 0 Å². The molecule has 1 nitrogen and oxygen atoms in total. The van der Waals surface area contributed by atoms with Crippen molar-refractivity contribution in [2.75, 3.05) is 6.61 Å². The third-order valence-corrected chi connectivity index (χ3v) is 4.40. The molecule has 2 atom stereocenters. The number of aliphatic hydroxyl groups excluding tert-OH is 1. The summed E-state index contributed by atoms with van der Waals surface area (Å²) < 4.78 is 0. The molecule has 1 fully saturated rings. The third-order valence-electron chi connectivity index (χ3n) is 4.14. The summed E-state index contributed by atoms with van der Waals surface area (Å²) >= 11 is 5.94. The predicted molar refractivity (Wildman–Crippen MR) is 77.1 cm³/mol. The Morgan fingerprint density at radius 2 is 1.89 bits per heavy atom. The molecular weight excluding hydrogens is 244 g/mol. The van der Waals surface area contributed by atoms with Gasteiger partial charge in [-0.25, -0.2) is 0 Å². The molecule has 1 aliphatic rings. The molecule has 100 valence electrons. The van der Waals surface area contributed by atoms with Crippen LogP contribution in [-0.4, -0.2) is 11.7 Å². The van der Waals surface area contributed by atoms with E-state index in [1.165, 1.54) is 44.1 Å². The number of halogens is 1. The fourth-order valence-corrected chi connectivity index (χ4v) is 3.26. The molecule has 0 spiro atoms. The molecule has 0 radical (unpaired) electrons. The van der Waals surface area contributed by atoms with Gasteiger partial charge in [0.15, 0.2) is 0 Å². The van der Waals surface area contributed by atoms with Gasteiger partial charge in [0.1, 0.15) is 0 Å². The lowest BCUT2D eigenvalue weighted by Crippen LogP contribution is -2.14. The summed E-state index contributed by atoms with van der Waals surface area (Å²) in [6.45, 7) is 0.341. The van der Waals surface area contributed by atoms with E-state index in [1.54, 1.807) is 0 Å². The van der Waals surface area contributed by atoms with E-state index in [-0.39, 0.29) is 0 Å². The maximum absolute atomic E-state index is 8.84.